The molecule has 1 fully saturated rings. The molecular formula is C33H40ClN3O5S. The Morgan fingerprint density at radius 2 is 1.60 bits per heavy atom. The van der Waals surface area contributed by atoms with Gasteiger partial charge in [0.1, 0.15) is 18.3 Å². The third-order valence-corrected chi connectivity index (χ3v) is 9.90. The van der Waals surface area contributed by atoms with Crippen LogP contribution >= 0.6 is 11.6 Å². The highest BCUT2D eigenvalue weighted by Crippen LogP contribution is 2.27. The molecule has 0 heterocycles. The van der Waals surface area contributed by atoms with Crippen LogP contribution in [0.15, 0.2) is 83.8 Å². The highest BCUT2D eigenvalue weighted by molar-refractivity contribution is 7.92. The molecule has 3 aromatic rings. The van der Waals surface area contributed by atoms with Gasteiger partial charge in [0, 0.05) is 17.6 Å². The van der Waals surface area contributed by atoms with Crippen molar-refractivity contribution in [1.29, 1.82) is 0 Å². The van der Waals surface area contributed by atoms with Crippen LogP contribution in [-0.4, -0.2) is 57.4 Å². The minimum atomic E-state index is -4.18. The number of methoxy groups -OCH3 is 1. The van der Waals surface area contributed by atoms with E-state index in [9.17, 15) is 18.0 Å². The van der Waals surface area contributed by atoms with Crippen LogP contribution in [0.1, 0.15) is 51.0 Å². The molecular weight excluding hydrogens is 586 g/mol. The Hall–Kier alpha value is -3.56. The number of benzene rings is 3. The third kappa shape index (κ3) is 8.51. The van der Waals surface area contributed by atoms with Gasteiger partial charge in [-0.25, -0.2) is 8.42 Å². The number of carbonyl (C=O) groups is 2. The topological polar surface area (TPSA) is 96.0 Å². The number of ether oxygens (including phenoxy) is 1. The molecule has 43 heavy (non-hydrogen) atoms. The molecule has 1 aliphatic rings. The van der Waals surface area contributed by atoms with Gasteiger partial charge in [-0.15, -0.1) is 0 Å². The van der Waals surface area contributed by atoms with E-state index in [1.165, 1.54) is 24.1 Å². The molecule has 0 bridgehead atoms. The molecule has 0 saturated heterocycles. The molecule has 0 unspecified atom stereocenters. The highest BCUT2D eigenvalue weighted by atomic mass is 35.5. The lowest BCUT2D eigenvalue weighted by Gasteiger charge is -2.34. The largest absolute Gasteiger partial charge is 0.497 e. The average Bonchev–Trinajstić information content (AvgIpc) is 3.03. The SMILES string of the molecule is CC[C@H](C(=O)NC1CCCCC1)N(CCc1ccccc1)C(=O)CN(c1ccc(Cl)cc1)S(=O)(=O)c1ccc(OC)cc1. The summed E-state index contributed by atoms with van der Waals surface area (Å²) in [5.74, 6) is -0.157. The first-order valence-corrected chi connectivity index (χ1v) is 16.6. The van der Waals surface area contributed by atoms with Crippen molar-refractivity contribution in [1.82, 2.24) is 10.2 Å². The van der Waals surface area contributed by atoms with Crippen LogP contribution < -0.4 is 14.4 Å². The van der Waals surface area contributed by atoms with E-state index in [1.54, 1.807) is 36.4 Å². The second-order valence-electron chi connectivity index (χ2n) is 10.8. The monoisotopic (exact) mass is 625 g/mol. The standard InChI is InChI=1S/C33H40ClN3O5S/c1-3-31(33(39)35-27-12-8-5-9-13-27)36(23-22-25-10-6-4-7-11-25)32(38)24-37(28-16-14-26(34)15-17-28)43(40,41)30-20-18-29(42-2)19-21-30/h4,6-7,10-11,14-21,27,31H,3,5,8-9,12-13,22-24H2,1-2H3,(H,35,39)/t31-/m1/s1. The number of hydrogen-bond donors (Lipinski definition) is 1. The average molecular weight is 626 g/mol. The molecule has 2 amide bonds. The zero-order chi connectivity index (χ0) is 30.8. The van der Waals surface area contributed by atoms with E-state index < -0.39 is 28.5 Å². The lowest BCUT2D eigenvalue weighted by atomic mass is 9.95. The minimum absolute atomic E-state index is 0.00830. The first-order valence-electron chi connectivity index (χ1n) is 14.8. The Balaban J connectivity index is 1.66. The van der Waals surface area contributed by atoms with Crippen LogP contribution in [0.25, 0.3) is 0 Å². The summed E-state index contributed by atoms with van der Waals surface area (Å²) in [7, 11) is -2.68. The second-order valence-corrected chi connectivity index (χ2v) is 13.1. The highest BCUT2D eigenvalue weighted by Gasteiger charge is 2.34. The summed E-state index contributed by atoms with van der Waals surface area (Å²) >= 11 is 6.11. The van der Waals surface area contributed by atoms with E-state index in [0.717, 1.165) is 42.0 Å². The number of rotatable bonds is 13. The van der Waals surface area contributed by atoms with Crippen molar-refractivity contribution in [2.45, 2.75) is 68.8 Å². The van der Waals surface area contributed by atoms with Gasteiger partial charge in [-0.2, -0.15) is 0 Å². The number of nitrogens with one attached hydrogen (secondary N) is 1. The van der Waals surface area contributed by atoms with Crippen LogP contribution in [0, 0.1) is 0 Å². The molecule has 0 spiro atoms. The van der Waals surface area contributed by atoms with Crippen molar-refractivity contribution in [2.24, 2.45) is 0 Å². The van der Waals surface area contributed by atoms with Crippen molar-refractivity contribution in [3.8, 4) is 5.75 Å². The number of sulfonamides is 1. The fourth-order valence-corrected chi connectivity index (χ4v) is 6.99. The number of carbonyl (C=O) groups excluding carboxylic acids is 2. The Morgan fingerprint density at radius 1 is 0.953 bits per heavy atom. The Kier molecular flexibility index (Phi) is 11.5. The van der Waals surface area contributed by atoms with Gasteiger partial charge >= 0.3 is 0 Å². The first kappa shape index (κ1) is 32.4. The van der Waals surface area contributed by atoms with E-state index in [1.807, 2.05) is 37.3 Å². The lowest BCUT2D eigenvalue weighted by Crippen LogP contribution is -2.54. The number of nitrogens with zero attached hydrogens (tertiary/aromatic N) is 2. The van der Waals surface area contributed by atoms with Crippen LogP contribution in [0.3, 0.4) is 0 Å². The Morgan fingerprint density at radius 3 is 2.21 bits per heavy atom. The number of halogens is 1. The molecule has 230 valence electrons. The predicted molar refractivity (Wildman–Crippen MR) is 170 cm³/mol. The van der Waals surface area contributed by atoms with Crippen molar-refractivity contribution in [2.75, 3.05) is 24.5 Å². The second kappa shape index (κ2) is 15.3. The van der Waals surface area contributed by atoms with E-state index >= 15 is 0 Å². The third-order valence-electron chi connectivity index (χ3n) is 7.86. The summed E-state index contributed by atoms with van der Waals surface area (Å²) in [6.45, 7) is 1.65. The van der Waals surface area contributed by atoms with E-state index in [-0.39, 0.29) is 29.1 Å². The Labute approximate surface area is 260 Å². The van der Waals surface area contributed by atoms with Crippen LogP contribution in [-0.2, 0) is 26.0 Å². The molecule has 1 N–H and O–H groups in total. The first-order chi connectivity index (χ1) is 20.7. The van der Waals surface area contributed by atoms with Gasteiger partial charge in [0.05, 0.1) is 17.7 Å². The number of hydrogen-bond acceptors (Lipinski definition) is 5. The van der Waals surface area contributed by atoms with Crippen LogP contribution in [0.5, 0.6) is 5.75 Å². The molecule has 8 nitrogen and oxygen atoms in total. The minimum Gasteiger partial charge on any atom is -0.497 e. The molecule has 0 radical (unpaired) electrons. The van der Waals surface area contributed by atoms with Gasteiger partial charge in [0.25, 0.3) is 10.0 Å². The van der Waals surface area contributed by atoms with Gasteiger partial charge in [0.2, 0.25) is 11.8 Å². The van der Waals surface area contributed by atoms with Crippen molar-refractivity contribution >= 4 is 39.1 Å². The number of amides is 2. The smallest absolute Gasteiger partial charge is 0.264 e. The maximum atomic E-state index is 14.2. The molecule has 0 aromatic heterocycles. The van der Waals surface area contributed by atoms with E-state index in [2.05, 4.69) is 5.32 Å². The van der Waals surface area contributed by atoms with Gasteiger partial charge in [-0.3, -0.25) is 13.9 Å². The van der Waals surface area contributed by atoms with Gasteiger partial charge in [0.15, 0.2) is 0 Å². The van der Waals surface area contributed by atoms with Crippen molar-refractivity contribution in [3.63, 3.8) is 0 Å². The molecule has 0 aliphatic heterocycles. The number of anilines is 1. The summed E-state index contributed by atoms with van der Waals surface area (Å²) in [6.07, 6.45) is 6.05. The molecule has 1 atom stereocenters. The Bertz CT molecular complexity index is 1440. The van der Waals surface area contributed by atoms with Gasteiger partial charge in [-0.1, -0.05) is 68.1 Å². The summed E-state index contributed by atoms with van der Waals surface area (Å²) < 4.78 is 34.3. The maximum Gasteiger partial charge on any atom is 0.264 e. The summed E-state index contributed by atoms with van der Waals surface area (Å²) in [4.78, 5) is 29.3. The van der Waals surface area contributed by atoms with Crippen molar-refractivity contribution < 1.29 is 22.7 Å². The van der Waals surface area contributed by atoms with E-state index in [4.69, 9.17) is 16.3 Å². The zero-order valence-corrected chi connectivity index (χ0v) is 26.3. The summed E-state index contributed by atoms with van der Waals surface area (Å²) in [5, 5.41) is 3.61. The predicted octanol–water partition coefficient (Wildman–Crippen LogP) is 5.84. The quantitative estimate of drug-likeness (QED) is 0.257. The maximum absolute atomic E-state index is 14.2. The molecule has 1 aliphatic carbocycles. The molecule has 4 rings (SSSR count). The van der Waals surface area contributed by atoms with Gasteiger partial charge < -0.3 is 15.0 Å². The van der Waals surface area contributed by atoms with E-state index in [0.29, 0.717) is 23.6 Å². The fraction of sp³-hybridized carbons (Fsp3) is 0.394. The normalized spacial score (nSPS) is 14.5. The lowest BCUT2D eigenvalue weighted by molar-refractivity contribution is -0.140. The molecule has 1 saturated carbocycles. The van der Waals surface area contributed by atoms with Gasteiger partial charge in [-0.05, 0) is 79.8 Å². The molecule has 3 aromatic carbocycles. The summed E-state index contributed by atoms with van der Waals surface area (Å²) in [6, 6.07) is 21.4. The molecule has 10 heteroatoms. The fourth-order valence-electron chi connectivity index (χ4n) is 5.45. The van der Waals surface area contributed by atoms with Crippen LogP contribution in [0.2, 0.25) is 5.02 Å². The van der Waals surface area contributed by atoms with Crippen molar-refractivity contribution in [3.05, 3.63) is 89.4 Å². The summed E-state index contributed by atoms with van der Waals surface area (Å²) in [5.41, 5.74) is 1.31. The van der Waals surface area contributed by atoms with Crippen LogP contribution in [0.4, 0.5) is 5.69 Å². The zero-order valence-electron chi connectivity index (χ0n) is 24.7.